The summed E-state index contributed by atoms with van der Waals surface area (Å²) >= 11 is 0. The van der Waals surface area contributed by atoms with Crippen molar-refractivity contribution in [1.82, 2.24) is 0 Å². The van der Waals surface area contributed by atoms with E-state index in [4.69, 9.17) is 0 Å². The zero-order valence-corrected chi connectivity index (χ0v) is 10.6. The third kappa shape index (κ3) is 2.71. The van der Waals surface area contributed by atoms with Gasteiger partial charge < -0.3 is 0 Å². The number of rotatable bonds is 2. The summed E-state index contributed by atoms with van der Waals surface area (Å²) in [4.78, 5) is 34.8. The first-order valence-electron chi connectivity index (χ1n) is 5.77. The highest BCUT2D eigenvalue weighted by Crippen LogP contribution is 2.19. The van der Waals surface area contributed by atoms with Gasteiger partial charge in [0.2, 0.25) is 0 Å². The number of nitrogens with zero attached hydrogens (tertiary/aromatic N) is 1. The monoisotopic (exact) mass is 245 g/mol. The normalized spacial score (nSPS) is 13.4. The molecule has 18 heavy (non-hydrogen) atoms. The van der Waals surface area contributed by atoms with Crippen LogP contribution in [0.3, 0.4) is 0 Å². The molecule has 2 rings (SSSR count). The third-order valence-electron chi connectivity index (χ3n) is 2.34. The summed E-state index contributed by atoms with van der Waals surface area (Å²) in [5.41, 5.74) is 1.03. The van der Waals surface area contributed by atoms with Crippen molar-refractivity contribution in [3.63, 3.8) is 0 Å². The lowest BCUT2D eigenvalue weighted by Crippen LogP contribution is -2.29. The van der Waals surface area contributed by atoms with Crippen molar-refractivity contribution in [2.75, 3.05) is 4.90 Å². The quantitative estimate of drug-likeness (QED) is 0.593. The zero-order valence-electron chi connectivity index (χ0n) is 10.6. The van der Waals surface area contributed by atoms with E-state index in [1.165, 1.54) is 19.1 Å². The Balaban J connectivity index is 0.000000771. The number of hydrogen-bond donors (Lipinski definition) is 0. The van der Waals surface area contributed by atoms with Crippen LogP contribution in [0.25, 0.3) is 0 Å². The minimum atomic E-state index is -0.361. The van der Waals surface area contributed by atoms with E-state index in [9.17, 15) is 14.4 Å². The molecule has 0 saturated heterocycles. The van der Waals surface area contributed by atoms with Gasteiger partial charge in [0.05, 0.1) is 5.69 Å². The van der Waals surface area contributed by atoms with Crippen molar-refractivity contribution in [2.24, 2.45) is 0 Å². The number of carbonyl (C=O) groups excluding carboxylic acids is 3. The van der Waals surface area contributed by atoms with Crippen LogP contribution in [0, 0.1) is 0 Å². The Labute approximate surface area is 106 Å². The number of anilines is 1. The number of benzene rings is 1. The van der Waals surface area contributed by atoms with Gasteiger partial charge in [0, 0.05) is 17.7 Å². The maximum Gasteiger partial charge on any atom is 0.258 e. The van der Waals surface area contributed by atoms with Gasteiger partial charge in [-0.3, -0.25) is 14.4 Å². The summed E-state index contributed by atoms with van der Waals surface area (Å²) in [5.74, 6) is -0.773. The molecule has 0 unspecified atom stereocenters. The first-order valence-corrected chi connectivity index (χ1v) is 5.77. The molecule has 4 nitrogen and oxygen atoms in total. The maximum absolute atomic E-state index is 11.4. The summed E-state index contributed by atoms with van der Waals surface area (Å²) < 4.78 is 0. The highest BCUT2D eigenvalue weighted by Gasteiger charge is 2.24. The smallest absolute Gasteiger partial charge is 0.258 e. The molecule has 1 aliphatic heterocycles. The molecule has 94 valence electrons. The lowest BCUT2D eigenvalue weighted by Gasteiger charge is -2.13. The fourth-order valence-electron chi connectivity index (χ4n) is 1.50. The van der Waals surface area contributed by atoms with Crippen molar-refractivity contribution in [3.8, 4) is 0 Å². The van der Waals surface area contributed by atoms with Gasteiger partial charge in [-0.15, -0.1) is 0 Å². The van der Waals surface area contributed by atoms with Crippen LogP contribution in [0.15, 0.2) is 36.4 Å². The maximum atomic E-state index is 11.4. The Morgan fingerprint density at radius 2 is 1.39 bits per heavy atom. The fourth-order valence-corrected chi connectivity index (χ4v) is 1.50. The minimum Gasteiger partial charge on any atom is -0.295 e. The molecule has 1 heterocycles. The van der Waals surface area contributed by atoms with Crippen molar-refractivity contribution >= 4 is 23.3 Å². The summed E-state index contributed by atoms with van der Waals surface area (Å²) in [6, 6.07) is 6.35. The molecule has 0 fully saturated rings. The van der Waals surface area contributed by atoms with Crippen molar-refractivity contribution in [1.29, 1.82) is 0 Å². The van der Waals surface area contributed by atoms with E-state index in [2.05, 4.69) is 0 Å². The fraction of sp³-hybridized carbons (Fsp3) is 0.214. The predicted octanol–water partition coefficient (Wildman–Crippen LogP) is 2.34. The first-order chi connectivity index (χ1) is 8.59. The molecule has 1 aromatic rings. The number of ketones is 1. The Bertz CT molecular complexity index is 482. The molecule has 0 aromatic heterocycles. The summed E-state index contributed by atoms with van der Waals surface area (Å²) in [5, 5.41) is 0. The topological polar surface area (TPSA) is 54.5 Å². The number of Topliss-reactive ketones (excluding diaryl/α,β-unsaturated/α-hetero) is 1. The second-order valence-electron chi connectivity index (χ2n) is 3.45. The average Bonchev–Trinajstić information content (AvgIpc) is 2.72. The molecule has 0 atom stereocenters. The van der Waals surface area contributed by atoms with Crippen LogP contribution in [0.1, 0.15) is 31.1 Å². The Morgan fingerprint density at radius 3 is 1.78 bits per heavy atom. The van der Waals surface area contributed by atoms with E-state index >= 15 is 0 Å². The SMILES string of the molecule is CC.CC(=O)c1ccc(N2C(=O)C=CC2=O)cc1. The summed E-state index contributed by atoms with van der Waals surface area (Å²) in [7, 11) is 0. The molecule has 0 N–H and O–H groups in total. The van der Waals surface area contributed by atoms with Crippen LogP contribution in [-0.2, 0) is 9.59 Å². The minimum absolute atomic E-state index is 0.0521. The van der Waals surface area contributed by atoms with E-state index < -0.39 is 0 Å². The van der Waals surface area contributed by atoms with Crippen molar-refractivity contribution < 1.29 is 14.4 Å². The number of amides is 2. The molecule has 0 saturated carbocycles. The molecular formula is C14H15NO3. The van der Waals surface area contributed by atoms with Crippen LogP contribution >= 0.6 is 0 Å². The third-order valence-corrected chi connectivity index (χ3v) is 2.34. The molecule has 1 aromatic carbocycles. The van der Waals surface area contributed by atoms with Gasteiger partial charge in [-0.1, -0.05) is 13.8 Å². The lowest BCUT2D eigenvalue weighted by atomic mass is 10.1. The number of carbonyl (C=O) groups is 3. The predicted molar refractivity (Wildman–Crippen MR) is 69.4 cm³/mol. The van der Waals surface area contributed by atoms with Gasteiger partial charge >= 0.3 is 0 Å². The van der Waals surface area contributed by atoms with Gasteiger partial charge in [0.25, 0.3) is 11.8 Å². The average molecular weight is 245 g/mol. The van der Waals surface area contributed by atoms with Gasteiger partial charge in [0.15, 0.2) is 5.78 Å². The van der Waals surface area contributed by atoms with Gasteiger partial charge in [-0.2, -0.15) is 0 Å². The molecule has 0 radical (unpaired) electrons. The van der Waals surface area contributed by atoms with Crippen molar-refractivity contribution in [3.05, 3.63) is 42.0 Å². The molecule has 0 spiro atoms. The van der Waals surface area contributed by atoms with Crippen LogP contribution in [-0.4, -0.2) is 17.6 Å². The van der Waals surface area contributed by atoms with Gasteiger partial charge in [-0.25, -0.2) is 4.90 Å². The highest BCUT2D eigenvalue weighted by atomic mass is 16.2. The zero-order chi connectivity index (χ0) is 13.7. The molecule has 0 aliphatic carbocycles. The van der Waals surface area contributed by atoms with E-state index in [0.717, 1.165) is 4.90 Å². The van der Waals surface area contributed by atoms with E-state index in [0.29, 0.717) is 11.3 Å². The van der Waals surface area contributed by atoms with Crippen LogP contribution in [0.5, 0.6) is 0 Å². The summed E-state index contributed by atoms with van der Waals surface area (Å²) in [6.07, 6.45) is 2.45. The second-order valence-corrected chi connectivity index (χ2v) is 3.45. The molecule has 4 heteroatoms. The second kappa shape index (κ2) is 5.91. The Hall–Kier alpha value is -2.23. The number of hydrogen-bond acceptors (Lipinski definition) is 3. The van der Waals surface area contributed by atoms with Crippen LogP contribution in [0.4, 0.5) is 5.69 Å². The van der Waals surface area contributed by atoms with Crippen molar-refractivity contribution in [2.45, 2.75) is 20.8 Å². The largest absolute Gasteiger partial charge is 0.295 e. The highest BCUT2D eigenvalue weighted by molar-refractivity contribution is 6.28. The molecule has 0 bridgehead atoms. The summed E-state index contributed by atoms with van der Waals surface area (Å²) in [6.45, 7) is 5.46. The number of imide groups is 1. The van der Waals surface area contributed by atoms with Crippen LogP contribution < -0.4 is 4.90 Å². The van der Waals surface area contributed by atoms with Gasteiger partial charge in [0.1, 0.15) is 0 Å². The van der Waals surface area contributed by atoms with Crippen LogP contribution in [0.2, 0.25) is 0 Å². The lowest BCUT2D eigenvalue weighted by molar-refractivity contribution is -0.119. The van der Waals surface area contributed by atoms with Gasteiger partial charge in [-0.05, 0) is 31.2 Å². The van der Waals surface area contributed by atoms with E-state index in [1.807, 2.05) is 13.8 Å². The Kier molecular flexibility index (Phi) is 4.54. The Morgan fingerprint density at radius 1 is 0.944 bits per heavy atom. The van der Waals surface area contributed by atoms with E-state index in [1.54, 1.807) is 24.3 Å². The standard InChI is InChI=1S/C12H9NO3.C2H6/c1-8(14)9-2-4-10(5-3-9)13-11(15)6-7-12(13)16;1-2/h2-7H,1H3;1-2H3. The first kappa shape index (κ1) is 13.8. The molecular weight excluding hydrogens is 230 g/mol. The van der Waals surface area contributed by atoms with E-state index in [-0.39, 0.29) is 17.6 Å². The molecule has 1 aliphatic rings. The molecule has 2 amide bonds.